The predicted octanol–water partition coefficient (Wildman–Crippen LogP) is 4.52. The maximum Gasteiger partial charge on any atom is 0.339 e. The number of carbonyl (C=O) groups excluding carboxylic acids is 1. The highest BCUT2D eigenvalue weighted by molar-refractivity contribution is 5.82. The van der Waals surface area contributed by atoms with Gasteiger partial charge in [0.15, 0.2) is 0 Å². The van der Waals surface area contributed by atoms with Crippen molar-refractivity contribution < 1.29 is 13.9 Å². The molecule has 1 fully saturated rings. The Morgan fingerprint density at radius 2 is 2.14 bits per heavy atom. The average Bonchev–Trinajstić information content (AvgIpc) is 3.12. The van der Waals surface area contributed by atoms with Gasteiger partial charge in [-0.25, -0.2) is 4.79 Å². The van der Waals surface area contributed by atoms with Gasteiger partial charge in [0.1, 0.15) is 11.3 Å². The number of unbranched alkanes of at least 4 members (excludes halogenated alkanes) is 1. The van der Waals surface area contributed by atoms with E-state index in [1.165, 1.54) is 32.1 Å². The van der Waals surface area contributed by atoms with E-state index in [0.717, 1.165) is 17.4 Å². The predicted molar refractivity (Wildman–Crippen MR) is 111 cm³/mol. The number of hydrogen-bond acceptors (Lipinski definition) is 4. The van der Waals surface area contributed by atoms with Gasteiger partial charge in [0, 0.05) is 29.5 Å². The molecular formula is C23H31NO4. The lowest BCUT2D eigenvalue weighted by atomic mass is 9.96. The Hall–Kier alpha value is -2.30. The molecule has 5 nitrogen and oxygen atoms in total. The lowest BCUT2D eigenvalue weighted by Gasteiger charge is -2.21. The quantitative estimate of drug-likeness (QED) is 0.679. The van der Waals surface area contributed by atoms with E-state index in [4.69, 9.17) is 9.15 Å². The summed E-state index contributed by atoms with van der Waals surface area (Å²) in [4.78, 5) is 24.9. The van der Waals surface area contributed by atoms with Gasteiger partial charge in [-0.3, -0.25) is 4.79 Å². The summed E-state index contributed by atoms with van der Waals surface area (Å²) in [6.07, 6.45) is 7.78. The van der Waals surface area contributed by atoms with E-state index >= 15 is 0 Å². The number of fused-ring (bicyclic) bond motifs is 1. The fourth-order valence-electron chi connectivity index (χ4n) is 4.35. The minimum Gasteiger partial charge on any atom is -0.497 e. The Labute approximate surface area is 166 Å². The highest BCUT2D eigenvalue weighted by Gasteiger charge is 2.27. The molecule has 2 aromatic rings. The van der Waals surface area contributed by atoms with E-state index in [0.29, 0.717) is 41.7 Å². The summed E-state index contributed by atoms with van der Waals surface area (Å²) >= 11 is 0. The average molecular weight is 386 g/mol. The molecule has 0 spiro atoms. The van der Waals surface area contributed by atoms with Crippen molar-refractivity contribution in [3.8, 4) is 5.75 Å². The van der Waals surface area contributed by atoms with Gasteiger partial charge >= 0.3 is 5.63 Å². The molecule has 152 valence electrons. The van der Waals surface area contributed by atoms with Crippen LogP contribution in [0.15, 0.2) is 27.4 Å². The van der Waals surface area contributed by atoms with Crippen molar-refractivity contribution in [1.29, 1.82) is 0 Å². The second kappa shape index (κ2) is 9.26. The van der Waals surface area contributed by atoms with E-state index in [1.807, 2.05) is 19.1 Å². The zero-order valence-electron chi connectivity index (χ0n) is 17.2. The summed E-state index contributed by atoms with van der Waals surface area (Å²) in [5.41, 5.74) is 1.61. The Morgan fingerprint density at radius 3 is 2.89 bits per heavy atom. The lowest BCUT2D eigenvalue weighted by Crippen LogP contribution is -2.37. The van der Waals surface area contributed by atoms with Gasteiger partial charge in [-0.15, -0.1) is 0 Å². The van der Waals surface area contributed by atoms with Gasteiger partial charge in [-0.1, -0.05) is 26.2 Å². The standard InChI is InChI=1S/C23H31NO4/c1-4-5-7-16-8-6-9-20(16)24-22(25)13-12-19-15(2)18-11-10-17(27-3)14-21(18)28-23(19)26/h10-11,14,16,20H,4-9,12-13H2,1-3H3,(H,24,25). The largest absolute Gasteiger partial charge is 0.497 e. The molecule has 5 heteroatoms. The Morgan fingerprint density at radius 1 is 1.32 bits per heavy atom. The van der Waals surface area contributed by atoms with Crippen LogP contribution in [0.5, 0.6) is 5.75 Å². The lowest BCUT2D eigenvalue weighted by molar-refractivity contribution is -0.122. The summed E-state index contributed by atoms with van der Waals surface area (Å²) in [7, 11) is 1.58. The molecule has 1 amide bonds. The molecule has 1 aromatic heterocycles. The normalized spacial score (nSPS) is 19.1. The van der Waals surface area contributed by atoms with Crippen LogP contribution in [0.1, 0.15) is 63.0 Å². The number of rotatable bonds is 8. The van der Waals surface area contributed by atoms with Gasteiger partial charge in [0.05, 0.1) is 7.11 Å². The molecule has 1 N–H and O–H groups in total. The van der Waals surface area contributed by atoms with Gasteiger partial charge < -0.3 is 14.5 Å². The molecule has 1 aliphatic rings. The number of ether oxygens (including phenoxy) is 1. The second-order valence-corrected chi connectivity index (χ2v) is 7.86. The van der Waals surface area contributed by atoms with Crippen LogP contribution >= 0.6 is 0 Å². The number of benzene rings is 1. The molecule has 1 aliphatic carbocycles. The highest BCUT2D eigenvalue weighted by atomic mass is 16.5. The molecule has 28 heavy (non-hydrogen) atoms. The SMILES string of the molecule is CCCCC1CCCC1NC(=O)CCc1c(C)c2ccc(OC)cc2oc1=O. The van der Waals surface area contributed by atoms with Crippen LogP contribution in [0.25, 0.3) is 11.0 Å². The van der Waals surface area contributed by atoms with Crippen molar-refractivity contribution in [2.24, 2.45) is 5.92 Å². The van der Waals surface area contributed by atoms with Crippen LogP contribution in [0.2, 0.25) is 0 Å². The van der Waals surface area contributed by atoms with Crippen LogP contribution in [-0.2, 0) is 11.2 Å². The fraction of sp³-hybridized carbons (Fsp3) is 0.565. The fourth-order valence-corrected chi connectivity index (χ4v) is 4.35. The van der Waals surface area contributed by atoms with Crippen molar-refractivity contribution >= 4 is 16.9 Å². The molecule has 2 unspecified atom stereocenters. The Kier molecular flexibility index (Phi) is 6.76. The van der Waals surface area contributed by atoms with Crippen LogP contribution in [0.3, 0.4) is 0 Å². The number of amides is 1. The monoisotopic (exact) mass is 385 g/mol. The molecule has 0 aliphatic heterocycles. The van der Waals surface area contributed by atoms with E-state index < -0.39 is 0 Å². The van der Waals surface area contributed by atoms with E-state index in [1.54, 1.807) is 13.2 Å². The van der Waals surface area contributed by atoms with Crippen LogP contribution in [-0.4, -0.2) is 19.1 Å². The number of hydrogen-bond donors (Lipinski definition) is 1. The van der Waals surface area contributed by atoms with Gasteiger partial charge in [-0.05, 0) is 56.2 Å². The van der Waals surface area contributed by atoms with Crippen molar-refractivity contribution in [2.45, 2.75) is 71.3 Å². The first-order chi connectivity index (χ1) is 13.5. The summed E-state index contributed by atoms with van der Waals surface area (Å²) in [5, 5.41) is 4.09. The van der Waals surface area contributed by atoms with Crippen LogP contribution in [0.4, 0.5) is 0 Å². The summed E-state index contributed by atoms with van der Waals surface area (Å²) in [5.74, 6) is 1.28. The molecule has 1 heterocycles. The molecule has 0 radical (unpaired) electrons. The highest BCUT2D eigenvalue weighted by Crippen LogP contribution is 2.30. The number of nitrogens with one attached hydrogen (secondary N) is 1. The van der Waals surface area contributed by atoms with E-state index in [-0.39, 0.29) is 11.5 Å². The number of methoxy groups -OCH3 is 1. The third-order valence-electron chi connectivity index (χ3n) is 6.03. The van der Waals surface area contributed by atoms with E-state index in [2.05, 4.69) is 12.2 Å². The smallest absolute Gasteiger partial charge is 0.339 e. The molecule has 1 saturated carbocycles. The first-order valence-electron chi connectivity index (χ1n) is 10.4. The summed E-state index contributed by atoms with van der Waals surface area (Å²) in [6.45, 7) is 4.12. The van der Waals surface area contributed by atoms with Crippen LogP contribution < -0.4 is 15.7 Å². The van der Waals surface area contributed by atoms with Crippen LogP contribution in [0, 0.1) is 12.8 Å². The minimum absolute atomic E-state index is 0.0297. The van der Waals surface area contributed by atoms with Crippen molar-refractivity contribution in [3.63, 3.8) is 0 Å². The number of aryl methyl sites for hydroxylation is 1. The molecular weight excluding hydrogens is 354 g/mol. The minimum atomic E-state index is -0.368. The first-order valence-corrected chi connectivity index (χ1v) is 10.4. The van der Waals surface area contributed by atoms with Gasteiger partial charge in [0.2, 0.25) is 5.91 Å². The third-order valence-corrected chi connectivity index (χ3v) is 6.03. The Balaban J connectivity index is 1.66. The second-order valence-electron chi connectivity index (χ2n) is 7.86. The molecule has 0 saturated heterocycles. The summed E-state index contributed by atoms with van der Waals surface area (Å²) < 4.78 is 10.7. The molecule has 1 aromatic carbocycles. The van der Waals surface area contributed by atoms with Gasteiger partial charge in [-0.2, -0.15) is 0 Å². The molecule has 0 bridgehead atoms. The topological polar surface area (TPSA) is 68.5 Å². The third kappa shape index (κ3) is 4.57. The zero-order chi connectivity index (χ0) is 20.1. The van der Waals surface area contributed by atoms with E-state index in [9.17, 15) is 9.59 Å². The number of carbonyl (C=O) groups is 1. The first kappa shape index (κ1) is 20.4. The molecule has 2 atom stereocenters. The maximum absolute atomic E-state index is 12.5. The van der Waals surface area contributed by atoms with Crippen molar-refractivity contribution in [3.05, 3.63) is 39.7 Å². The van der Waals surface area contributed by atoms with Crippen molar-refractivity contribution in [1.82, 2.24) is 5.32 Å². The van der Waals surface area contributed by atoms with Gasteiger partial charge in [0.25, 0.3) is 0 Å². The zero-order valence-corrected chi connectivity index (χ0v) is 17.2. The Bertz CT molecular complexity index is 886. The summed E-state index contributed by atoms with van der Waals surface area (Å²) in [6, 6.07) is 5.76. The maximum atomic E-state index is 12.5. The van der Waals surface area contributed by atoms with Crippen molar-refractivity contribution in [2.75, 3.05) is 7.11 Å². The molecule has 3 rings (SSSR count).